The third kappa shape index (κ3) is 18.1. The summed E-state index contributed by atoms with van der Waals surface area (Å²) >= 11 is 5.76. The summed E-state index contributed by atoms with van der Waals surface area (Å²) in [5, 5.41) is 3.00. The fraction of sp³-hybridized carbons (Fsp3) is 0.300. The Balaban J connectivity index is 0.000000135. The van der Waals surface area contributed by atoms with Crippen molar-refractivity contribution in [3.05, 3.63) is 223 Å². The minimum absolute atomic E-state index is 0.00623. The van der Waals surface area contributed by atoms with Crippen molar-refractivity contribution in [2.45, 2.75) is 105 Å². The summed E-state index contributed by atoms with van der Waals surface area (Å²) < 4.78 is 22.4. The summed E-state index contributed by atoms with van der Waals surface area (Å²) in [4.78, 5) is 79.4. The van der Waals surface area contributed by atoms with Gasteiger partial charge in [0, 0.05) is 51.1 Å². The molecule has 6 aromatic rings. The Morgan fingerprint density at radius 1 is 0.420 bits per heavy atom. The molecule has 8 heterocycles. The number of thioether (sulfide) groups is 4. The van der Waals surface area contributed by atoms with Crippen LogP contribution in [0.25, 0.3) is 24.3 Å². The number of nitrogens with zero attached hydrogens (tertiary/aromatic N) is 8. The van der Waals surface area contributed by atoms with E-state index in [2.05, 4.69) is 71.2 Å². The lowest BCUT2D eigenvalue weighted by atomic mass is 10.0. The number of para-hydroxylation sites is 2. The molecule has 4 fully saturated rings. The number of ether oxygens (including phenoxy) is 4. The predicted molar refractivity (Wildman–Crippen MR) is 416 cm³/mol. The van der Waals surface area contributed by atoms with E-state index in [1.165, 1.54) is 69.3 Å². The highest BCUT2D eigenvalue weighted by molar-refractivity contribution is 8.20. The maximum absolute atomic E-state index is 13.1. The van der Waals surface area contributed by atoms with Gasteiger partial charge in [-0.15, -0.1) is 13.2 Å². The van der Waals surface area contributed by atoms with E-state index in [9.17, 15) is 19.2 Å². The maximum Gasteiger partial charge on any atom is 0.271 e. The minimum Gasteiger partial charge on any atom is -0.493 e. The normalized spacial score (nSPS) is 19.9. The number of amides is 4. The average molecular weight is 1410 g/mol. The summed E-state index contributed by atoms with van der Waals surface area (Å²) in [7, 11) is 0. The first-order chi connectivity index (χ1) is 48.7. The van der Waals surface area contributed by atoms with Gasteiger partial charge in [0.1, 0.15) is 23.0 Å². The lowest BCUT2D eigenvalue weighted by molar-refractivity contribution is -0.122. The molecule has 100 heavy (non-hydrogen) atoms. The fourth-order valence-electron chi connectivity index (χ4n) is 11.6. The van der Waals surface area contributed by atoms with Gasteiger partial charge in [-0.1, -0.05) is 86.7 Å². The number of aliphatic imine (C=N–C) groups is 4. The quantitative estimate of drug-likeness (QED) is 0.0665. The largest absolute Gasteiger partial charge is 0.493 e. The van der Waals surface area contributed by atoms with E-state index in [-0.39, 0.29) is 35.7 Å². The van der Waals surface area contributed by atoms with Gasteiger partial charge in [0.15, 0.2) is 20.7 Å². The highest BCUT2D eigenvalue weighted by Gasteiger charge is 2.37. The Morgan fingerprint density at radius 3 is 1.07 bits per heavy atom. The number of hydrogen-bond donors (Lipinski definition) is 0. The van der Waals surface area contributed by atoms with Crippen LogP contribution in [0.4, 0.5) is 11.4 Å². The standard InChI is InChI=1S/C22H22N2O2S.C21H20N2O2S.C19H22N2O2S.C18H20N2O2S/c1-2-12-23-22-24(18-8-4-3-5-9-18)21(25)20(27-22)15-16-10-11-19-17(14-16)7-6-13-26-19;1-2-11-22-21-23(17-6-4-3-5-7-17)20(24)19(26-21)14-15-8-9-18-16(13-15)10-12-25-18;1-4-9-21-18(22)17(24-19(21)20-13(2)3)12-14-7-8-16-15(11-14)6-5-10-23-16;1-4-8-20-17(21)16(23-18(20)19-12(2)3)11-13-5-6-15-14(10-13)7-9-22-15/h3-5,8-11,14-15H,2,6-7,12-13H2,1H3;3-9,13-14H,2,10-12H2,1H3;4,7-8,11-13H,1,5-6,9-10H2,2-3H3;4-6,10-12H,1,7-9H2,2-3H3/b20-15-,23-22?;19-14-,22-21?;17-12-,20-19?;16-11-,19-18?. The SMILES string of the molecule is C=CCN1C(=O)/C(=C/c2ccc3c(c2)CCCO3)SC1=NC(C)C.C=CCN1C(=O)/C(=C/c2ccc3c(c2)CCO3)SC1=NC(C)C.CCCN=C1S/C(=C\c2ccc3c(c2)CCCO3)C(=O)N1c1ccccc1.CCCN=C1S/C(=C\c2ccc3c(c2)CCO3)C(=O)N1c1ccccc1. The van der Waals surface area contributed by atoms with E-state index >= 15 is 0 Å². The molecule has 0 spiro atoms. The Bertz CT molecular complexity index is 4310. The predicted octanol–water partition coefficient (Wildman–Crippen LogP) is 16.8. The van der Waals surface area contributed by atoms with Crippen LogP contribution in [0.3, 0.4) is 0 Å². The van der Waals surface area contributed by atoms with Crippen molar-refractivity contribution >= 4 is 127 Å². The molecular weight excluding hydrogens is 1330 g/mol. The average Bonchev–Trinajstić information content (AvgIpc) is 1.66. The molecule has 4 amide bonds. The Labute approximate surface area is 604 Å². The molecule has 14 rings (SSSR count). The maximum atomic E-state index is 13.1. The number of hydrogen-bond acceptors (Lipinski definition) is 16. The third-order valence-corrected chi connectivity index (χ3v) is 20.3. The molecule has 8 aliphatic heterocycles. The molecular formula is C80H84N8O8S4. The van der Waals surface area contributed by atoms with Crippen molar-refractivity contribution in [1.82, 2.24) is 9.80 Å². The van der Waals surface area contributed by atoms with Crippen molar-refractivity contribution < 1.29 is 38.1 Å². The topological polar surface area (TPSA) is 168 Å². The van der Waals surface area contributed by atoms with Crippen LogP contribution in [-0.2, 0) is 44.9 Å². The molecule has 0 unspecified atom stereocenters. The Morgan fingerprint density at radius 2 is 0.740 bits per heavy atom. The number of carbonyl (C=O) groups is 4. The molecule has 20 heteroatoms. The molecule has 6 aromatic carbocycles. The van der Waals surface area contributed by atoms with Gasteiger partial charge in [-0.25, -0.2) is 0 Å². The molecule has 0 saturated carbocycles. The van der Waals surface area contributed by atoms with Crippen molar-refractivity contribution in [2.75, 3.05) is 62.4 Å². The zero-order valence-electron chi connectivity index (χ0n) is 57.5. The molecule has 0 aromatic heterocycles. The second-order valence-corrected chi connectivity index (χ2v) is 28.7. The second-order valence-electron chi connectivity index (χ2n) is 24.7. The fourth-order valence-corrected chi connectivity index (χ4v) is 15.8. The smallest absolute Gasteiger partial charge is 0.271 e. The van der Waals surface area contributed by atoms with Gasteiger partial charge in [-0.3, -0.25) is 58.7 Å². The minimum atomic E-state index is -0.0206. The lowest BCUT2D eigenvalue weighted by Crippen LogP contribution is -2.29. The van der Waals surface area contributed by atoms with Crippen molar-refractivity contribution in [3.63, 3.8) is 0 Å². The van der Waals surface area contributed by atoms with Gasteiger partial charge >= 0.3 is 0 Å². The van der Waals surface area contributed by atoms with E-state index in [0.29, 0.717) is 45.8 Å². The molecule has 4 saturated heterocycles. The van der Waals surface area contributed by atoms with Crippen LogP contribution in [0.1, 0.15) is 112 Å². The van der Waals surface area contributed by atoms with E-state index in [1.807, 2.05) is 161 Å². The van der Waals surface area contributed by atoms with Crippen LogP contribution in [0.15, 0.2) is 198 Å². The van der Waals surface area contributed by atoms with Crippen LogP contribution >= 0.6 is 47.0 Å². The van der Waals surface area contributed by atoms with Gasteiger partial charge in [-0.05, 0) is 255 Å². The van der Waals surface area contributed by atoms with Gasteiger partial charge in [0.05, 0.1) is 57.4 Å². The molecule has 516 valence electrons. The van der Waals surface area contributed by atoms with E-state index in [0.717, 1.165) is 155 Å². The van der Waals surface area contributed by atoms with Crippen molar-refractivity contribution in [1.29, 1.82) is 0 Å². The van der Waals surface area contributed by atoms with Crippen molar-refractivity contribution in [2.24, 2.45) is 20.0 Å². The van der Waals surface area contributed by atoms with E-state index in [1.54, 1.807) is 31.8 Å². The molecule has 0 bridgehead atoms. The first kappa shape index (κ1) is 72.2. The lowest BCUT2D eigenvalue weighted by Gasteiger charge is -2.17. The highest BCUT2D eigenvalue weighted by atomic mass is 32.2. The molecule has 0 N–H and O–H groups in total. The number of carbonyl (C=O) groups excluding carboxylic acids is 4. The highest BCUT2D eigenvalue weighted by Crippen LogP contribution is 2.41. The van der Waals surface area contributed by atoms with Crippen LogP contribution in [-0.4, -0.2) is 119 Å². The number of benzene rings is 6. The van der Waals surface area contributed by atoms with Gasteiger partial charge in [0.25, 0.3) is 23.6 Å². The van der Waals surface area contributed by atoms with Crippen molar-refractivity contribution in [3.8, 4) is 23.0 Å². The first-order valence-corrected chi connectivity index (χ1v) is 37.5. The molecule has 0 radical (unpaired) electrons. The van der Waals surface area contributed by atoms with Crippen LogP contribution in [0.5, 0.6) is 23.0 Å². The number of fused-ring (bicyclic) bond motifs is 4. The number of amidine groups is 4. The third-order valence-electron chi connectivity index (χ3n) is 16.2. The first-order valence-electron chi connectivity index (χ1n) is 34.2. The monoisotopic (exact) mass is 1410 g/mol. The summed E-state index contributed by atoms with van der Waals surface area (Å²) in [6.07, 6.45) is 19.1. The van der Waals surface area contributed by atoms with Gasteiger partial charge in [-0.2, -0.15) is 0 Å². The van der Waals surface area contributed by atoms with E-state index in [4.69, 9.17) is 18.9 Å². The summed E-state index contributed by atoms with van der Waals surface area (Å²) in [6.45, 7) is 25.1. The van der Waals surface area contributed by atoms with Gasteiger partial charge < -0.3 is 18.9 Å². The number of aryl methyl sites for hydroxylation is 2. The second kappa shape index (κ2) is 34.8. The zero-order valence-corrected chi connectivity index (χ0v) is 60.8. The van der Waals surface area contributed by atoms with Gasteiger partial charge in [0.2, 0.25) is 0 Å². The number of rotatable bonds is 16. The zero-order chi connectivity index (χ0) is 70.1. The van der Waals surface area contributed by atoms with E-state index < -0.39 is 0 Å². The Kier molecular flexibility index (Phi) is 25.1. The Hall–Kier alpha value is -9.08. The number of anilines is 2. The molecule has 0 atom stereocenters. The summed E-state index contributed by atoms with van der Waals surface area (Å²) in [5.41, 5.74) is 10.6. The molecule has 0 aliphatic carbocycles. The molecule has 8 aliphatic rings. The van der Waals surface area contributed by atoms with Crippen LogP contribution < -0.4 is 28.7 Å². The molecule has 16 nitrogen and oxygen atoms in total. The summed E-state index contributed by atoms with van der Waals surface area (Å²) in [5.74, 6) is 3.78. The summed E-state index contributed by atoms with van der Waals surface area (Å²) in [6, 6.07) is 44.1. The van der Waals surface area contributed by atoms with Crippen LogP contribution in [0.2, 0.25) is 0 Å². The van der Waals surface area contributed by atoms with Crippen LogP contribution in [0, 0.1) is 0 Å².